The maximum atomic E-state index is 11.3. The van der Waals surface area contributed by atoms with Gasteiger partial charge in [-0.05, 0) is 6.07 Å². The van der Waals surface area contributed by atoms with Gasteiger partial charge in [-0.3, -0.25) is 4.79 Å². The number of carbonyl (C=O) groups is 1. The summed E-state index contributed by atoms with van der Waals surface area (Å²) in [6.07, 6.45) is 1.30. The first-order valence-corrected chi connectivity index (χ1v) is 4.06. The Morgan fingerprint density at radius 2 is 2.27 bits per heavy atom. The van der Waals surface area contributed by atoms with Crippen LogP contribution in [0.25, 0.3) is 0 Å². The molecule has 1 aromatic heterocycles. The van der Waals surface area contributed by atoms with E-state index in [-0.39, 0.29) is 17.7 Å². The van der Waals surface area contributed by atoms with Crippen LogP contribution in [-0.2, 0) is 11.3 Å². The number of hydrogen-bond donors (Lipinski definition) is 1. The fourth-order valence-corrected chi connectivity index (χ4v) is 0.994. The number of nitrogens with zero attached hydrogens (tertiary/aromatic N) is 2. The quantitative estimate of drug-likeness (QED) is 0.720. The fourth-order valence-electron chi connectivity index (χ4n) is 0.994. The van der Waals surface area contributed by atoms with E-state index < -0.39 is 5.97 Å². The van der Waals surface area contributed by atoms with Crippen molar-refractivity contribution < 1.29 is 9.90 Å². The van der Waals surface area contributed by atoms with Crippen molar-refractivity contribution >= 4 is 5.97 Å². The molecule has 1 aromatic rings. The third-order valence-electron chi connectivity index (χ3n) is 1.78. The van der Waals surface area contributed by atoms with Crippen molar-refractivity contribution in [3.05, 3.63) is 46.4 Å². The molecule has 0 aliphatic heterocycles. The molecule has 0 aliphatic carbocycles. The fraction of sp³-hybridized carbons (Fsp3) is 0.100. The van der Waals surface area contributed by atoms with Gasteiger partial charge in [0.1, 0.15) is 6.07 Å². The van der Waals surface area contributed by atoms with Crippen molar-refractivity contribution in [2.75, 3.05) is 0 Å². The van der Waals surface area contributed by atoms with Crippen molar-refractivity contribution in [3.8, 4) is 6.07 Å². The highest BCUT2D eigenvalue weighted by Gasteiger charge is 2.06. The third-order valence-corrected chi connectivity index (χ3v) is 1.78. The number of carboxylic acid groups (broad SMARTS) is 1. The minimum atomic E-state index is -1.16. The molecule has 0 spiro atoms. The minimum absolute atomic E-state index is 0.104. The average molecular weight is 204 g/mol. The Bertz CT molecular complexity index is 508. The second kappa shape index (κ2) is 4.24. The minimum Gasteiger partial charge on any atom is -0.478 e. The molecule has 0 saturated carbocycles. The Hall–Kier alpha value is -2.35. The maximum absolute atomic E-state index is 11.3. The van der Waals surface area contributed by atoms with Gasteiger partial charge in [0.2, 0.25) is 0 Å². The molecule has 0 saturated heterocycles. The predicted octanol–water partition coefficient (Wildman–Crippen LogP) is 0.361. The summed E-state index contributed by atoms with van der Waals surface area (Å²) < 4.78 is 1.13. The zero-order chi connectivity index (χ0) is 11.4. The van der Waals surface area contributed by atoms with Gasteiger partial charge in [-0.25, -0.2) is 4.79 Å². The second-order valence-electron chi connectivity index (χ2n) is 2.90. The van der Waals surface area contributed by atoms with Gasteiger partial charge in [-0.15, -0.1) is 0 Å². The molecule has 1 rings (SSSR count). The predicted molar refractivity (Wildman–Crippen MR) is 52.2 cm³/mol. The van der Waals surface area contributed by atoms with Gasteiger partial charge in [0.15, 0.2) is 0 Å². The lowest BCUT2D eigenvalue weighted by Crippen LogP contribution is -2.21. The lowest BCUT2D eigenvalue weighted by Gasteiger charge is -2.04. The van der Waals surface area contributed by atoms with Crippen molar-refractivity contribution in [1.82, 2.24) is 4.57 Å². The van der Waals surface area contributed by atoms with Crippen LogP contribution < -0.4 is 5.56 Å². The third kappa shape index (κ3) is 2.54. The van der Waals surface area contributed by atoms with E-state index in [0.717, 1.165) is 4.57 Å². The first-order valence-electron chi connectivity index (χ1n) is 4.06. The summed E-state index contributed by atoms with van der Waals surface area (Å²) in [6, 6.07) is 4.45. The molecule has 0 bridgehead atoms. The normalized spacial score (nSPS) is 9.27. The van der Waals surface area contributed by atoms with Crippen LogP contribution in [0.5, 0.6) is 0 Å². The van der Waals surface area contributed by atoms with Gasteiger partial charge in [-0.2, -0.15) is 5.26 Å². The van der Waals surface area contributed by atoms with Crippen LogP contribution in [0.3, 0.4) is 0 Å². The summed E-state index contributed by atoms with van der Waals surface area (Å²) in [4.78, 5) is 21.8. The van der Waals surface area contributed by atoms with Gasteiger partial charge in [0.25, 0.3) is 5.56 Å². The lowest BCUT2D eigenvalue weighted by molar-refractivity contribution is -0.132. The van der Waals surface area contributed by atoms with Gasteiger partial charge in [-0.1, -0.05) is 6.58 Å². The molecule has 0 atom stereocenters. The number of nitriles is 1. The van der Waals surface area contributed by atoms with Crippen molar-refractivity contribution in [2.45, 2.75) is 6.54 Å². The van der Waals surface area contributed by atoms with Crippen molar-refractivity contribution in [2.24, 2.45) is 0 Å². The van der Waals surface area contributed by atoms with Gasteiger partial charge >= 0.3 is 5.97 Å². The van der Waals surface area contributed by atoms with Gasteiger partial charge in [0, 0.05) is 17.8 Å². The maximum Gasteiger partial charge on any atom is 0.332 e. The Morgan fingerprint density at radius 3 is 2.80 bits per heavy atom. The van der Waals surface area contributed by atoms with E-state index >= 15 is 0 Å². The SMILES string of the molecule is C=C(Cn1cc(C#N)ccc1=O)C(=O)O. The van der Waals surface area contributed by atoms with Crippen LogP contribution in [-0.4, -0.2) is 15.6 Å². The van der Waals surface area contributed by atoms with Crippen LogP contribution in [0, 0.1) is 11.3 Å². The molecule has 0 radical (unpaired) electrons. The van der Waals surface area contributed by atoms with Crippen molar-refractivity contribution in [1.29, 1.82) is 5.26 Å². The summed E-state index contributed by atoms with van der Waals surface area (Å²) in [6.45, 7) is 3.18. The molecule has 5 heteroatoms. The molecule has 15 heavy (non-hydrogen) atoms. The summed E-state index contributed by atoms with van der Waals surface area (Å²) in [7, 11) is 0. The van der Waals surface area contributed by atoms with Crippen LogP contribution in [0.2, 0.25) is 0 Å². The van der Waals surface area contributed by atoms with Crippen LogP contribution in [0.1, 0.15) is 5.56 Å². The van der Waals surface area contributed by atoms with E-state index in [1.807, 2.05) is 6.07 Å². The number of hydrogen-bond acceptors (Lipinski definition) is 3. The Labute approximate surface area is 85.5 Å². The smallest absolute Gasteiger partial charge is 0.332 e. The monoisotopic (exact) mass is 204 g/mol. The largest absolute Gasteiger partial charge is 0.478 e. The first kappa shape index (κ1) is 10.7. The summed E-state index contributed by atoms with van der Waals surface area (Å²) in [5.74, 6) is -1.16. The zero-order valence-corrected chi connectivity index (χ0v) is 7.80. The summed E-state index contributed by atoms with van der Waals surface area (Å²) in [5.41, 5.74) is -0.170. The second-order valence-corrected chi connectivity index (χ2v) is 2.90. The number of aromatic nitrogens is 1. The molecule has 1 heterocycles. The molecule has 76 valence electrons. The number of pyridine rings is 1. The average Bonchev–Trinajstić information content (AvgIpc) is 2.21. The topological polar surface area (TPSA) is 83.1 Å². The number of carboxylic acids is 1. The Balaban J connectivity index is 3.05. The van der Waals surface area contributed by atoms with E-state index in [4.69, 9.17) is 10.4 Å². The van der Waals surface area contributed by atoms with E-state index in [1.165, 1.54) is 18.3 Å². The summed E-state index contributed by atoms with van der Waals surface area (Å²) in [5, 5.41) is 17.2. The number of aliphatic carboxylic acids is 1. The van der Waals surface area contributed by atoms with Gasteiger partial charge < -0.3 is 9.67 Å². The number of rotatable bonds is 3. The van der Waals surface area contributed by atoms with Crippen LogP contribution >= 0.6 is 0 Å². The van der Waals surface area contributed by atoms with E-state index in [9.17, 15) is 9.59 Å². The molecular formula is C10H8N2O3. The molecular weight excluding hydrogens is 196 g/mol. The van der Waals surface area contributed by atoms with Crippen molar-refractivity contribution in [3.63, 3.8) is 0 Å². The molecule has 0 aromatic carbocycles. The Kier molecular flexibility index (Phi) is 3.03. The zero-order valence-electron chi connectivity index (χ0n) is 7.80. The van der Waals surface area contributed by atoms with E-state index in [2.05, 4.69) is 6.58 Å². The van der Waals surface area contributed by atoms with E-state index in [1.54, 1.807) is 0 Å². The van der Waals surface area contributed by atoms with E-state index in [0.29, 0.717) is 5.56 Å². The first-order chi connectivity index (χ1) is 7.04. The standard InChI is InChI=1S/C10H8N2O3/c1-7(10(14)15)5-12-6-8(4-11)2-3-9(12)13/h2-3,6H,1,5H2,(H,14,15). The molecule has 5 nitrogen and oxygen atoms in total. The summed E-state index contributed by atoms with van der Waals surface area (Å²) >= 11 is 0. The molecule has 0 aliphatic rings. The molecule has 1 N–H and O–H groups in total. The molecule has 0 unspecified atom stereocenters. The highest BCUT2D eigenvalue weighted by Crippen LogP contribution is 1.98. The Morgan fingerprint density at radius 1 is 1.60 bits per heavy atom. The lowest BCUT2D eigenvalue weighted by atomic mass is 10.2. The van der Waals surface area contributed by atoms with Crippen LogP contribution in [0.15, 0.2) is 35.3 Å². The van der Waals surface area contributed by atoms with Gasteiger partial charge in [0.05, 0.1) is 12.1 Å². The highest BCUT2D eigenvalue weighted by molar-refractivity contribution is 5.85. The highest BCUT2D eigenvalue weighted by atomic mass is 16.4. The van der Waals surface area contributed by atoms with Crippen LogP contribution in [0.4, 0.5) is 0 Å². The molecule has 0 amide bonds. The molecule has 0 fully saturated rings.